The van der Waals surface area contributed by atoms with E-state index in [4.69, 9.17) is 5.11 Å². The second-order valence-corrected chi connectivity index (χ2v) is 5.07. The Hall–Kier alpha value is -1.89. The van der Waals surface area contributed by atoms with Gasteiger partial charge in [-0.15, -0.1) is 0 Å². The van der Waals surface area contributed by atoms with Crippen LogP contribution in [0.5, 0.6) is 0 Å². The van der Waals surface area contributed by atoms with Crippen molar-refractivity contribution < 1.29 is 19.5 Å². The first-order valence-corrected chi connectivity index (χ1v) is 7.48. The summed E-state index contributed by atoms with van der Waals surface area (Å²) in [4.78, 5) is 34.4. The van der Waals surface area contributed by atoms with Crippen LogP contribution in [0.4, 0.5) is 0 Å². The second-order valence-electron chi connectivity index (χ2n) is 4.51. The van der Waals surface area contributed by atoms with Gasteiger partial charge in [-0.1, -0.05) is 46.3 Å². The normalized spacial score (nSPS) is 13.0. The molecular formula is C14H17BrN2O4. The average molecular weight is 357 g/mol. The van der Waals surface area contributed by atoms with Gasteiger partial charge >= 0.3 is 5.97 Å². The first-order valence-electron chi connectivity index (χ1n) is 6.36. The van der Waals surface area contributed by atoms with Crippen molar-refractivity contribution in [3.8, 4) is 0 Å². The minimum absolute atomic E-state index is 0.0695. The van der Waals surface area contributed by atoms with Gasteiger partial charge in [-0.2, -0.15) is 0 Å². The summed E-state index contributed by atoms with van der Waals surface area (Å²) < 4.78 is 0. The summed E-state index contributed by atoms with van der Waals surface area (Å²) in [6, 6.07) is 7.34. The number of carboxylic acids is 1. The highest BCUT2D eigenvalue weighted by atomic mass is 79.9. The van der Waals surface area contributed by atoms with E-state index in [2.05, 4.69) is 26.6 Å². The van der Waals surface area contributed by atoms with Gasteiger partial charge in [0.25, 0.3) is 0 Å². The van der Waals surface area contributed by atoms with Crippen LogP contribution in [0.2, 0.25) is 0 Å². The number of carbonyl (C=O) groups is 3. The van der Waals surface area contributed by atoms with Crippen LogP contribution < -0.4 is 10.6 Å². The van der Waals surface area contributed by atoms with Crippen molar-refractivity contribution in [2.24, 2.45) is 0 Å². The van der Waals surface area contributed by atoms with Crippen LogP contribution >= 0.6 is 15.9 Å². The molecule has 1 rings (SSSR count). The molecule has 3 N–H and O–H groups in total. The summed E-state index contributed by atoms with van der Waals surface area (Å²) >= 11 is 3.01. The predicted molar refractivity (Wildman–Crippen MR) is 81.1 cm³/mol. The van der Waals surface area contributed by atoms with E-state index in [1.54, 1.807) is 0 Å². The molecule has 0 aliphatic carbocycles. The van der Waals surface area contributed by atoms with E-state index in [0.29, 0.717) is 0 Å². The summed E-state index contributed by atoms with van der Waals surface area (Å²) in [5.41, 5.74) is 0.871. The maximum absolute atomic E-state index is 12.1. The number of aliphatic carboxylic acids is 1. The molecule has 1 aromatic rings. The monoisotopic (exact) mass is 356 g/mol. The number of nitrogens with one attached hydrogen (secondary N) is 2. The summed E-state index contributed by atoms with van der Waals surface area (Å²) in [7, 11) is 0. The molecule has 114 valence electrons. The number of hydrogen-bond acceptors (Lipinski definition) is 3. The first-order chi connectivity index (χ1) is 9.93. The predicted octanol–water partition coefficient (Wildman–Crippen LogP) is 0.698. The zero-order chi connectivity index (χ0) is 15.8. The number of carboxylic acid groups (broad SMARTS) is 1. The van der Waals surface area contributed by atoms with E-state index in [0.717, 1.165) is 5.56 Å². The molecule has 0 saturated heterocycles. The molecule has 0 aromatic heterocycles. The molecule has 0 unspecified atom stereocenters. The van der Waals surface area contributed by atoms with Crippen molar-refractivity contribution in [3.63, 3.8) is 0 Å². The summed E-state index contributed by atoms with van der Waals surface area (Å²) in [6.45, 7) is 1.37. The fraction of sp³-hybridized carbons (Fsp3) is 0.357. The zero-order valence-corrected chi connectivity index (χ0v) is 13.1. The number of alkyl halides is 1. The quantitative estimate of drug-likeness (QED) is 0.626. The van der Waals surface area contributed by atoms with Crippen LogP contribution in [0.25, 0.3) is 0 Å². The van der Waals surface area contributed by atoms with Crippen molar-refractivity contribution in [2.45, 2.75) is 25.4 Å². The number of hydrogen-bond donors (Lipinski definition) is 3. The SMILES string of the molecule is C[C@H](NC(=O)[C@@H](Cc1ccccc1)NC(=O)CBr)C(=O)O. The van der Waals surface area contributed by atoms with E-state index >= 15 is 0 Å². The van der Waals surface area contributed by atoms with E-state index in [-0.39, 0.29) is 17.7 Å². The maximum atomic E-state index is 12.1. The lowest BCUT2D eigenvalue weighted by atomic mass is 10.0. The molecule has 0 aliphatic rings. The van der Waals surface area contributed by atoms with Crippen molar-refractivity contribution in [3.05, 3.63) is 35.9 Å². The van der Waals surface area contributed by atoms with Crippen molar-refractivity contribution in [1.82, 2.24) is 10.6 Å². The molecule has 0 spiro atoms. The van der Waals surface area contributed by atoms with E-state index in [1.165, 1.54) is 6.92 Å². The molecular weight excluding hydrogens is 340 g/mol. The number of carbonyl (C=O) groups excluding carboxylic acids is 2. The van der Waals surface area contributed by atoms with E-state index in [1.807, 2.05) is 30.3 Å². The third-order valence-corrected chi connectivity index (χ3v) is 3.29. The smallest absolute Gasteiger partial charge is 0.325 e. The molecule has 1 aromatic carbocycles. The molecule has 6 nitrogen and oxygen atoms in total. The highest BCUT2D eigenvalue weighted by Crippen LogP contribution is 2.04. The summed E-state index contributed by atoms with van der Waals surface area (Å²) in [5, 5.41) is 13.8. The standard InChI is InChI=1S/C14H17BrN2O4/c1-9(14(20)21)16-13(19)11(17-12(18)8-15)7-10-5-3-2-4-6-10/h2-6,9,11H,7-8H2,1H3,(H,16,19)(H,17,18)(H,20,21)/t9-,11+/m0/s1. The number of rotatable bonds is 7. The topological polar surface area (TPSA) is 95.5 Å². The molecule has 0 fully saturated rings. The van der Waals surface area contributed by atoms with Gasteiger partial charge < -0.3 is 15.7 Å². The van der Waals surface area contributed by atoms with Gasteiger partial charge in [0.05, 0.1) is 5.33 Å². The van der Waals surface area contributed by atoms with E-state index in [9.17, 15) is 14.4 Å². The third-order valence-electron chi connectivity index (χ3n) is 2.78. The van der Waals surface area contributed by atoms with Gasteiger partial charge in [-0.3, -0.25) is 14.4 Å². The molecule has 2 amide bonds. The molecule has 0 aliphatic heterocycles. The fourth-order valence-electron chi connectivity index (χ4n) is 1.67. The van der Waals surface area contributed by atoms with Crippen LogP contribution in [-0.4, -0.2) is 40.3 Å². The lowest BCUT2D eigenvalue weighted by Gasteiger charge is -2.19. The van der Waals surface area contributed by atoms with Gasteiger partial charge in [0.1, 0.15) is 12.1 Å². The Morgan fingerprint density at radius 3 is 2.33 bits per heavy atom. The zero-order valence-electron chi connectivity index (χ0n) is 11.5. The highest BCUT2D eigenvalue weighted by molar-refractivity contribution is 9.09. The van der Waals surface area contributed by atoms with Crippen molar-refractivity contribution >= 4 is 33.7 Å². The van der Waals surface area contributed by atoms with Gasteiger partial charge in [-0.25, -0.2) is 0 Å². The van der Waals surface area contributed by atoms with Crippen molar-refractivity contribution in [2.75, 3.05) is 5.33 Å². The molecule has 0 heterocycles. The number of halogens is 1. The number of benzene rings is 1. The highest BCUT2D eigenvalue weighted by Gasteiger charge is 2.24. The largest absolute Gasteiger partial charge is 0.480 e. The van der Waals surface area contributed by atoms with Gasteiger partial charge in [0.2, 0.25) is 11.8 Å². The van der Waals surface area contributed by atoms with E-state index < -0.39 is 24.0 Å². The Balaban J connectivity index is 2.78. The Kier molecular flexibility index (Phi) is 6.87. The first kappa shape index (κ1) is 17.2. The van der Waals surface area contributed by atoms with Gasteiger partial charge in [0, 0.05) is 6.42 Å². The fourth-order valence-corrected chi connectivity index (χ4v) is 1.83. The van der Waals surface area contributed by atoms with Crippen molar-refractivity contribution in [1.29, 1.82) is 0 Å². The minimum atomic E-state index is -1.13. The molecule has 0 saturated carbocycles. The summed E-state index contributed by atoms with van der Waals surface area (Å²) in [6.07, 6.45) is 0.289. The Morgan fingerprint density at radius 1 is 1.19 bits per heavy atom. The Bertz CT molecular complexity index is 507. The average Bonchev–Trinajstić information content (AvgIpc) is 2.47. The van der Waals surface area contributed by atoms with Crippen LogP contribution in [0.3, 0.4) is 0 Å². The lowest BCUT2D eigenvalue weighted by Crippen LogP contribution is -2.52. The molecule has 21 heavy (non-hydrogen) atoms. The van der Waals surface area contributed by atoms with Gasteiger partial charge in [-0.05, 0) is 12.5 Å². The second kappa shape index (κ2) is 8.41. The van der Waals surface area contributed by atoms with Crippen LogP contribution in [0.15, 0.2) is 30.3 Å². The van der Waals surface area contributed by atoms with Crippen LogP contribution in [0.1, 0.15) is 12.5 Å². The lowest BCUT2D eigenvalue weighted by molar-refractivity contribution is -0.141. The molecule has 7 heteroatoms. The molecule has 0 radical (unpaired) electrons. The molecule has 0 bridgehead atoms. The van der Waals surface area contributed by atoms with Gasteiger partial charge in [0.15, 0.2) is 0 Å². The maximum Gasteiger partial charge on any atom is 0.325 e. The Morgan fingerprint density at radius 2 is 1.81 bits per heavy atom. The van der Waals surface area contributed by atoms with Crippen LogP contribution in [-0.2, 0) is 20.8 Å². The minimum Gasteiger partial charge on any atom is -0.480 e. The Labute approximate surface area is 131 Å². The molecule has 2 atom stereocenters. The number of amides is 2. The summed E-state index contributed by atoms with van der Waals surface area (Å²) in [5.74, 6) is -1.99. The third kappa shape index (κ3) is 5.95. The van der Waals surface area contributed by atoms with Crippen LogP contribution in [0, 0.1) is 0 Å².